The summed E-state index contributed by atoms with van der Waals surface area (Å²) < 4.78 is 0. The van der Waals surface area contributed by atoms with Crippen LogP contribution in [0, 0.1) is 5.41 Å². The van der Waals surface area contributed by atoms with Crippen molar-refractivity contribution in [2.45, 2.75) is 19.4 Å². The largest absolute Gasteiger partial charge is 0.481 e. The highest BCUT2D eigenvalue weighted by atomic mass is 32.1. The number of nitrogens with one attached hydrogen (secondary N) is 1. The Balaban J connectivity index is 1.55. The van der Waals surface area contributed by atoms with Gasteiger partial charge in [0.2, 0.25) is 11.7 Å². The van der Waals surface area contributed by atoms with Gasteiger partial charge < -0.3 is 10.4 Å². The molecule has 1 aliphatic rings. The lowest BCUT2D eigenvalue weighted by atomic mass is 10.1. The molecule has 21 heavy (non-hydrogen) atoms. The highest BCUT2D eigenvalue weighted by molar-refractivity contribution is 7.08. The molecule has 0 aliphatic heterocycles. The Bertz CT molecular complexity index is 662. The van der Waals surface area contributed by atoms with Crippen LogP contribution in [0.1, 0.15) is 12.8 Å². The predicted octanol–water partition coefficient (Wildman–Crippen LogP) is 0.383. The van der Waals surface area contributed by atoms with Crippen LogP contribution in [-0.2, 0) is 16.1 Å². The minimum absolute atomic E-state index is 0.0766. The van der Waals surface area contributed by atoms with Crippen molar-refractivity contribution in [1.29, 1.82) is 0 Å². The molecule has 9 heteroatoms. The highest BCUT2D eigenvalue weighted by Gasteiger charge is 2.50. The minimum Gasteiger partial charge on any atom is -0.481 e. The summed E-state index contributed by atoms with van der Waals surface area (Å²) in [4.78, 5) is 24.0. The van der Waals surface area contributed by atoms with Crippen molar-refractivity contribution in [3.63, 3.8) is 0 Å². The maximum Gasteiger partial charge on any atom is 0.311 e. The average molecular weight is 307 g/mol. The maximum absolute atomic E-state index is 11.8. The van der Waals surface area contributed by atoms with E-state index in [9.17, 15) is 9.59 Å². The zero-order valence-corrected chi connectivity index (χ0v) is 11.8. The van der Waals surface area contributed by atoms with Crippen LogP contribution in [0.25, 0.3) is 11.4 Å². The fourth-order valence-electron chi connectivity index (χ4n) is 1.89. The minimum atomic E-state index is -0.860. The van der Waals surface area contributed by atoms with Crippen LogP contribution < -0.4 is 5.32 Å². The van der Waals surface area contributed by atoms with Crippen LogP contribution in [0.15, 0.2) is 16.8 Å². The van der Waals surface area contributed by atoms with Crippen molar-refractivity contribution in [3.05, 3.63) is 16.8 Å². The number of nitrogens with zero attached hydrogens (tertiary/aromatic N) is 4. The number of hydrogen-bond donors (Lipinski definition) is 2. The topological polar surface area (TPSA) is 110 Å². The fraction of sp³-hybridized carbons (Fsp3) is 0.417. The van der Waals surface area contributed by atoms with Crippen molar-refractivity contribution in [2.75, 3.05) is 6.54 Å². The van der Waals surface area contributed by atoms with Crippen LogP contribution in [0.4, 0.5) is 0 Å². The van der Waals surface area contributed by atoms with Crippen molar-refractivity contribution < 1.29 is 14.7 Å². The van der Waals surface area contributed by atoms with Crippen LogP contribution in [0.5, 0.6) is 0 Å². The number of aliphatic carboxylic acids is 1. The molecule has 2 aromatic rings. The molecule has 1 fully saturated rings. The zero-order chi connectivity index (χ0) is 14.9. The summed E-state index contributed by atoms with van der Waals surface area (Å²) in [6.07, 6.45) is 1.21. The van der Waals surface area contributed by atoms with E-state index >= 15 is 0 Å². The third-order valence-electron chi connectivity index (χ3n) is 3.45. The van der Waals surface area contributed by atoms with Gasteiger partial charge in [0.1, 0.15) is 6.54 Å². The van der Waals surface area contributed by atoms with Gasteiger partial charge in [0.25, 0.3) is 0 Å². The van der Waals surface area contributed by atoms with Gasteiger partial charge in [-0.1, -0.05) is 0 Å². The standard InChI is InChI=1S/C12H13N5O3S/c18-9(13-7-12(2-3-12)11(19)20)5-17-15-10(14-16-17)8-1-4-21-6-8/h1,4,6H,2-3,5,7H2,(H,13,18)(H,19,20). The molecule has 1 aliphatic carbocycles. The second-order valence-electron chi connectivity index (χ2n) is 5.02. The van der Waals surface area contributed by atoms with Crippen molar-refractivity contribution >= 4 is 23.2 Å². The number of carbonyl (C=O) groups is 2. The second kappa shape index (κ2) is 5.24. The van der Waals surface area contributed by atoms with E-state index in [0.717, 1.165) is 5.56 Å². The Morgan fingerprint density at radius 1 is 1.48 bits per heavy atom. The Labute approximate surface area is 123 Å². The normalized spacial score (nSPS) is 15.6. The second-order valence-corrected chi connectivity index (χ2v) is 5.80. The first-order chi connectivity index (χ1) is 10.1. The molecule has 2 aromatic heterocycles. The quantitative estimate of drug-likeness (QED) is 0.798. The number of hydrogen-bond acceptors (Lipinski definition) is 6. The van der Waals surface area contributed by atoms with Gasteiger partial charge in [-0.15, -0.1) is 10.2 Å². The van der Waals surface area contributed by atoms with Gasteiger partial charge in [0.15, 0.2) is 0 Å². The lowest BCUT2D eigenvalue weighted by Crippen LogP contribution is -2.36. The van der Waals surface area contributed by atoms with Crippen molar-refractivity contribution in [1.82, 2.24) is 25.5 Å². The summed E-state index contributed by atoms with van der Waals surface area (Å²) in [7, 11) is 0. The Morgan fingerprint density at radius 3 is 2.90 bits per heavy atom. The van der Waals surface area contributed by atoms with Crippen LogP contribution in [0.3, 0.4) is 0 Å². The Morgan fingerprint density at radius 2 is 2.29 bits per heavy atom. The molecule has 0 unspecified atom stereocenters. The number of aromatic nitrogens is 4. The molecule has 8 nitrogen and oxygen atoms in total. The van der Waals surface area contributed by atoms with Crippen LogP contribution in [0.2, 0.25) is 0 Å². The number of carboxylic acids is 1. The number of tetrazole rings is 1. The molecule has 2 heterocycles. The molecule has 0 aromatic carbocycles. The molecule has 2 N–H and O–H groups in total. The smallest absolute Gasteiger partial charge is 0.311 e. The van der Waals surface area contributed by atoms with E-state index in [2.05, 4.69) is 20.7 Å². The molecular weight excluding hydrogens is 294 g/mol. The van der Waals surface area contributed by atoms with Gasteiger partial charge in [0, 0.05) is 17.5 Å². The Kier molecular flexibility index (Phi) is 3.42. The molecule has 1 amide bonds. The molecule has 0 radical (unpaired) electrons. The SMILES string of the molecule is O=C(Cn1nnc(-c2ccsc2)n1)NCC1(C(=O)O)CC1. The summed E-state index contributed by atoms with van der Waals surface area (Å²) in [6, 6.07) is 1.87. The third kappa shape index (κ3) is 2.92. The summed E-state index contributed by atoms with van der Waals surface area (Å²) >= 11 is 1.53. The van der Waals surface area contributed by atoms with E-state index in [4.69, 9.17) is 5.11 Å². The monoisotopic (exact) mass is 307 g/mol. The predicted molar refractivity (Wildman–Crippen MR) is 73.4 cm³/mol. The van der Waals surface area contributed by atoms with Gasteiger partial charge in [-0.3, -0.25) is 9.59 Å². The molecule has 3 rings (SSSR count). The first-order valence-electron chi connectivity index (χ1n) is 6.40. The van der Waals surface area contributed by atoms with Gasteiger partial charge in [-0.05, 0) is 29.5 Å². The number of rotatable bonds is 6. The summed E-state index contributed by atoms with van der Waals surface area (Å²) in [5.74, 6) is -0.716. The summed E-state index contributed by atoms with van der Waals surface area (Å²) in [5.41, 5.74) is 0.0854. The fourth-order valence-corrected chi connectivity index (χ4v) is 2.52. The third-order valence-corrected chi connectivity index (χ3v) is 4.13. The number of thiophene rings is 1. The molecular formula is C12H13N5O3S. The van der Waals surface area contributed by atoms with Gasteiger partial charge >= 0.3 is 5.97 Å². The van der Waals surface area contributed by atoms with Crippen LogP contribution in [-0.4, -0.2) is 43.7 Å². The molecule has 0 atom stereocenters. The van der Waals surface area contributed by atoms with E-state index in [1.807, 2.05) is 16.8 Å². The Hall–Kier alpha value is -2.29. The maximum atomic E-state index is 11.8. The summed E-state index contributed by atoms with van der Waals surface area (Å²) in [6.45, 7) is 0.0695. The zero-order valence-electron chi connectivity index (χ0n) is 11.0. The molecule has 0 spiro atoms. The lowest BCUT2D eigenvalue weighted by molar-refractivity contribution is -0.143. The van der Waals surface area contributed by atoms with Gasteiger partial charge in [0.05, 0.1) is 5.41 Å². The molecule has 1 saturated carbocycles. The van der Waals surface area contributed by atoms with Gasteiger partial charge in [-0.25, -0.2) is 0 Å². The number of carbonyl (C=O) groups excluding carboxylic acids is 1. The first kappa shape index (κ1) is 13.7. The van der Waals surface area contributed by atoms with Crippen molar-refractivity contribution in [3.8, 4) is 11.4 Å². The van der Waals surface area contributed by atoms with Crippen LogP contribution >= 0.6 is 11.3 Å². The van der Waals surface area contributed by atoms with Gasteiger partial charge in [-0.2, -0.15) is 16.1 Å². The van der Waals surface area contributed by atoms with E-state index in [0.29, 0.717) is 18.7 Å². The average Bonchev–Trinajstić information content (AvgIpc) is 2.88. The van der Waals surface area contributed by atoms with E-state index in [1.54, 1.807) is 0 Å². The van der Waals surface area contributed by atoms with E-state index < -0.39 is 11.4 Å². The summed E-state index contributed by atoms with van der Waals surface area (Å²) in [5, 5.41) is 27.2. The molecule has 0 saturated heterocycles. The van der Waals surface area contributed by atoms with E-state index in [1.165, 1.54) is 16.1 Å². The number of amides is 1. The molecule has 0 bridgehead atoms. The van der Waals surface area contributed by atoms with Crippen molar-refractivity contribution in [2.24, 2.45) is 5.41 Å². The van der Waals surface area contributed by atoms with E-state index in [-0.39, 0.29) is 19.0 Å². The number of carboxylic acid groups (broad SMARTS) is 1. The lowest BCUT2D eigenvalue weighted by Gasteiger charge is -2.10. The molecule has 110 valence electrons. The highest BCUT2D eigenvalue weighted by Crippen LogP contribution is 2.45. The first-order valence-corrected chi connectivity index (χ1v) is 7.34.